The van der Waals surface area contributed by atoms with Crippen LogP contribution in [0.15, 0.2) is 0 Å². The molecule has 2 atom stereocenters. The molecule has 6 heteroatoms. The summed E-state index contributed by atoms with van der Waals surface area (Å²) < 4.78 is 9.52. The molecule has 1 aliphatic carbocycles. The Morgan fingerprint density at radius 1 is 1.25 bits per heavy atom. The zero-order chi connectivity index (χ0) is 11.7. The van der Waals surface area contributed by atoms with Gasteiger partial charge in [0.25, 0.3) is 0 Å². The minimum Gasteiger partial charge on any atom is -0.412 e. The number of piperidine rings is 1. The van der Waals surface area contributed by atoms with Gasteiger partial charge < -0.3 is 19.3 Å². The zero-order valence-electron chi connectivity index (χ0n) is 9.51. The Labute approximate surface area is 94.1 Å². The molecule has 0 aromatic heterocycles. The van der Waals surface area contributed by atoms with E-state index in [4.69, 9.17) is 4.74 Å². The van der Waals surface area contributed by atoms with Gasteiger partial charge in [-0.1, -0.05) is 0 Å². The smallest absolute Gasteiger partial charge is 0.412 e. The fourth-order valence-electron chi connectivity index (χ4n) is 1.90. The molecule has 2 rings (SSSR count). The van der Waals surface area contributed by atoms with Crippen LogP contribution in [-0.4, -0.2) is 56.0 Å². The molecule has 1 aliphatic heterocycles. The Morgan fingerprint density at radius 3 is 2.44 bits per heavy atom. The van der Waals surface area contributed by atoms with Gasteiger partial charge in [-0.15, -0.1) is 0 Å². The van der Waals surface area contributed by atoms with E-state index in [1.807, 2.05) is 0 Å². The third-order valence-electron chi connectivity index (χ3n) is 2.97. The van der Waals surface area contributed by atoms with Crippen molar-refractivity contribution in [1.29, 1.82) is 0 Å². The van der Waals surface area contributed by atoms with Crippen LogP contribution >= 0.6 is 0 Å². The van der Waals surface area contributed by atoms with Crippen molar-refractivity contribution in [3.8, 4) is 0 Å². The molecule has 6 nitrogen and oxygen atoms in total. The molecular formula is C10H16N2O4. The molecule has 2 unspecified atom stereocenters. The SMILES string of the molecule is CN(C)C(=O)OCOC(=O)N1CC2CC2C1. The maximum absolute atomic E-state index is 11.5. The van der Waals surface area contributed by atoms with Gasteiger partial charge in [-0.3, -0.25) is 0 Å². The summed E-state index contributed by atoms with van der Waals surface area (Å²) in [4.78, 5) is 25.4. The topological polar surface area (TPSA) is 59.1 Å². The molecule has 90 valence electrons. The van der Waals surface area contributed by atoms with E-state index in [0.29, 0.717) is 11.8 Å². The van der Waals surface area contributed by atoms with Crippen molar-refractivity contribution in [2.45, 2.75) is 6.42 Å². The second-order valence-corrected chi connectivity index (χ2v) is 4.49. The first kappa shape index (κ1) is 11.0. The van der Waals surface area contributed by atoms with E-state index in [1.54, 1.807) is 19.0 Å². The van der Waals surface area contributed by atoms with Crippen LogP contribution in [0.25, 0.3) is 0 Å². The first-order valence-electron chi connectivity index (χ1n) is 5.33. The fraction of sp³-hybridized carbons (Fsp3) is 0.800. The van der Waals surface area contributed by atoms with Crippen molar-refractivity contribution in [1.82, 2.24) is 9.80 Å². The average molecular weight is 228 g/mol. The third kappa shape index (κ3) is 2.37. The molecular weight excluding hydrogens is 212 g/mol. The maximum atomic E-state index is 11.5. The van der Waals surface area contributed by atoms with Gasteiger partial charge in [-0.25, -0.2) is 9.59 Å². The maximum Gasteiger partial charge on any atom is 0.412 e. The van der Waals surface area contributed by atoms with Crippen molar-refractivity contribution in [3.63, 3.8) is 0 Å². The minimum atomic E-state index is -0.517. The van der Waals surface area contributed by atoms with E-state index < -0.39 is 12.2 Å². The highest BCUT2D eigenvalue weighted by Gasteiger charge is 2.47. The quantitative estimate of drug-likeness (QED) is 0.654. The summed E-state index contributed by atoms with van der Waals surface area (Å²) in [6, 6.07) is 0. The second-order valence-electron chi connectivity index (χ2n) is 4.49. The van der Waals surface area contributed by atoms with Crippen LogP contribution in [0.3, 0.4) is 0 Å². The van der Waals surface area contributed by atoms with Gasteiger partial charge in [0.15, 0.2) is 0 Å². The molecule has 0 bridgehead atoms. The van der Waals surface area contributed by atoms with E-state index >= 15 is 0 Å². The van der Waals surface area contributed by atoms with Crippen LogP contribution in [0.1, 0.15) is 6.42 Å². The first-order valence-corrected chi connectivity index (χ1v) is 5.33. The van der Waals surface area contributed by atoms with Crippen molar-refractivity contribution < 1.29 is 19.1 Å². The Morgan fingerprint density at radius 2 is 1.88 bits per heavy atom. The highest BCUT2D eigenvalue weighted by molar-refractivity contribution is 5.69. The number of likely N-dealkylation sites (tertiary alicyclic amines) is 1. The summed E-state index contributed by atoms with van der Waals surface area (Å²) in [5.74, 6) is 1.36. The number of amides is 2. The lowest BCUT2D eigenvalue weighted by Crippen LogP contribution is -2.32. The Balaban J connectivity index is 1.62. The van der Waals surface area contributed by atoms with Crippen LogP contribution in [-0.2, 0) is 9.47 Å². The van der Waals surface area contributed by atoms with Gasteiger partial charge in [-0.2, -0.15) is 0 Å². The van der Waals surface area contributed by atoms with Crippen molar-refractivity contribution in [3.05, 3.63) is 0 Å². The van der Waals surface area contributed by atoms with Gasteiger partial charge in [0, 0.05) is 27.2 Å². The predicted octanol–water partition coefficient (Wildman–Crippen LogP) is 0.730. The number of carbonyl (C=O) groups excluding carboxylic acids is 2. The van der Waals surface area contributed by atoms with Gasteiger partial charge in [0.1, 0.15) is 0 Å². The van der Waals surface area contributed by atoms with Crippen LogP contribution in [0, 0.1) is 11.8 Å². The van der Waals surface area contributed by atoms with Gasteiger partial charge in [0.05, 0.1) is 0 Å². The predicted molar refractivity (Wildman–Crippen MR) is 54.7 cm³/mol. The summed E-state index contributed by atoms with van der Waals surface area (Å²) in [7, 11) is 3.14. The van der Waals surface area contributed by atoms with Crippen LogP contribution in [0.2, 0.25) is 0 Å². The molecule has 0 radical (unpaired) electrons. The molecule has 2 fully saturated rings. The molecule has 1 saturated carbocycles. The zero-order valence-corrected chi connectivity index (χ0v) is 9.51. The van der Waals surface area contributed by atoms with Crippen LogP contribution < -0.4 is 0 Å². The lowest BCUT2D eigenvalue weighted by molar-refractivity contribution is 0.000319. The largest absolute Gasteiger partial charge is 0.412 e. The second kappa shape index (κ2) is 4.19. The van der Waals surface area contributed by atoms with Crippen LogP contribution in [0.5, 0.6) is 0 Å². The molecule has 0 aromatic rings. The third-order valence-corrected chi connectivity index (χ3v) is 2.97. The number of rotatable bonds is 2. The number of fused-ring (bicyclic) bond motifs is 1. The Hall–Kier alpha value is -1.46. The molecule has 0 spiro atoms. The summed E-state index contributed by atoms with van der Waals surface area (Å²) in [6.45, 7) is 1.25. The number of ether oxygens (including phenoxy) is 2. The van der Waals surface area contributed by atoms with E-state index in [1.165, 1.54) is 11.3 Å². The van der Waals surface area contributed by atoms with Gasteiger partial charge >= 0.3 is 12.2 Å². The lowest BCUT2D eigenvalue weighted by atomic mass is 10.4. The number of hydrogen-bond donors (Lipinski definition) is 0. The number of carbonyl (C=O) groups is 2. The normalized spacial score (nSPS) is 26.0. The number of nitrogens with zero attached hydrogens (tertiary/aromatic N) is 2. The van der Waals surface area contributed by atoms with E-state index in [0.717, 1.165) is 13.1 Å². The standard InChI is InChI=1S/C10H16N2O4/c1-11(2)9(13)15-6-16-10(14)12-4-7-3-8(7)5-12/h7-8H,3-6H2,1-2H3. The van der Waals surface area contributed by atoms with Gasteiger partial charge in [-0.05, 0) is 18.3 Å². The van der Waals surface area contributed by atoms with Crippen molar-refractivity contribution in [2.24, 2.45) is 11.8 Å². The van der Waals surface area contributed by atoms with Crippen LogP contribution in [0.4, 0.5) is 9.59 Å². The molecule has 16 heavy (non-hydrogen) atoms. The van der Waals surface area contributed by atoms with Crippen molar-refractivity contribution >= 4 is 12.2 Å². The number of hydrogen-bond acceptors (Lipinski definition) is 4. The summed E-state index contributed by atoms with van der Waals surface area (Å²) >= 11 is 0. The van der Waals surface area contributed by atoms with E-state index in [2.05, 4.69) is 4.74 Å². The molecule has 1 saturated heterocycles. The molecule has 0 aromatic carbocycles. The van der Waals surface area contributed by atoms with Gasteiger partial charge in [0.2, 0.25) is 6.79 Å². The highest BCUT2D eigenvalue weighted by Crippen LogP contribution is 2.44. The minimum absolute atomic E-state index is 0.318. The summed E-state index contributed by atoms with van der Waals surface area (Å²) in [5.41, 5.74) is 0. The monoisotopic (exact) mass is 228 g/mol. The molecule has 1 heterocycles. The first-order chi connectivity index (χ1) is 7.58. The molecule has 2 aliphatic rings. The summed E-state index contributed by atoms with van der Waals surface area (Å²) in [6.07, 6.45) is 0.329. The molecule has 2 amide bonds. The fourth-order valence-corrected chi connectivity index (χ4v) is 1.90. The van der Waals surface area contributed by atoms with E-state index in [9.17, 15) is 9.59 Å². The van der Waals surface area contributed by atoms with Crippen molar-refractivity contribution in [2.75, 3.05) is 34.0 Å². The molecule has 0 N–H and O–H groups in total. The summed E-state index contributed by atoms with van der Waals surface area (Å²) in [5, 5.41) is 0. The Bertz CT molecular complexity index is 295. The Kier molecular flexibility index (Phi) is 2.89. The highest BCUT2D eigenvalue weighted by atomic mass is 16.7. The average Bonchev–Trinajstić information content (AvgIpc) is 2.85. The lowest BCUT2D eigenvalue weighted by Gasteiger charge is -2.17. The van der Waals surface area contributed by atoms with E-state index in [-0.39, 0.29) is 6.79 Å².